The van der Waals surface area contributed by atoms with Crippen molar-refractivity contribution in [2.45, 2.75) is 18.2 Å². The third-order valence-corrected chi connectivity index (χ3v) is 5.61. The van der Waals surface area contributed by atoms with Crippen molar-refractivity contribution in [1.82, 2.24) is 4.72 Å². The number of nitro benzene ring substituents is 2. The number of nitrogens with one attached hydrogen (secondary N) is 1. The van der Waals surface area contributed by atoms with E-state index in [0.717, 1.165) is 6.07 Å². The highest BCUT2D eigenvalue weighted by molar-refractivity contribution is 7.89. The summed E-state index contributed by atoms with van der Waals surface area (Å²) >= 11 is 0. The molecule has 0 amide bonds. The Morgan fingerprint density at radius 2 is 1.55 bits per heavy atom. The lowest BCUT2D eigenvalue weighted by atomic mass is 10.1. The lowest BCUT2D eigenvalue weighted by Gasteiger charge is -2.11. The van der Waals surface area contributed by atoms with Crippen LogP contribution < -0.4 is 14.2 Å². The molecule has 2 aromatic carbocycles. The molecule has 0 radical (unpaired) electrons. The molecule has 0 bridgehead atoms. The van der Waals surface area contributed by atoms with Crippen molar-refractivity contribution in [2.75, 3.05) is 20.8 Å². The summed E-state index contributed by atoms with van der Waals surface area (Å²) in [4.78, 5) is 20.8. The van der Waals surface area contributed by atoms with Gasteiger partial charge >= 0.3 is 0 Å². The molecular formula is C17H19N3O8S. The van der Waals surface area contributed by atoms with E-state index in [1.54, 1.807) is 0 Å². The molecule has 0 aliphatic heterocycles. The molecule has 2 aromatic rings. The van der Waals surface area contributed by atoms with Crippen LogP contribution in [0.1, 0.15) is 11.1 Å². The van der Waals surface area contributed by atoms with Crippen molar-refractivity contribution in [1.29, 1.82) is 0 Å². The monoisotopic (exact) mass is 425 g/mol. The Labute approximate surface area is 166 Å². The van der Waals surface area contributed by atoms with Gasteiger partial charge in [-0.1, -0.05) is 6.07 Å². The summed E-state index contributed by atoms with van der Waals surface area (Å²) in [5.41, 5.74) is 0.0105. The fourth-order valence-corrected chi connectivity index (χ4v) is 3.69. The van der Waals surface area contributed by atoms with E-state index < -0.39 is 19.9 Å². The van der Waals surface area contributed by atoms with Crippen molar-refractivity contribution >= 4 is 21.4 Å². The highest BCUT2D eigenvalue weighted by atomic mass is 32.2. The average Bonchev–Trinajstić information content (AvgIpc) is 2.67. The summed E-state index contributed by atoms with van der Waals surface area (Å²) in [5.74, 6) is 0.445. The third-order valence-electron chi connectivity index (χ3n) is 4.16. The minimum Gasteiger partial charge on any atom is -0.493 e. The van der Waals surface area contributed by atoms with E-state index >= 15 is 0 Å². The molecule has 0 atom stereocenters. The molecule has 0 aliphatic carbocycles. The Bertz CT molecular complexity index is 1050. The summed E-state index contributed by atoms with van der Waals surface area (Å²) in [7, 11) is -1.33. The summed E-state index contributed by atoms with van der Waals surface area (Å²) in [6.07, 6.45) is -0.0101. The molecule has 0 saturated carbocycles. The summed E-state index contributed by atoms with van der Waals surface area (Å²) in [5, 5.41) is 22.3. The Balaban J connectivity index is 2.24. The standard InChI is InChI=1S/C17H19N3O8S/c1-11-4-5-13(9-14(11)19(21)22)29(25,26)18-7-6-12-8-16(27-2)17(28-3)10-15(12)20(23)24/h4-5,8-10,18H,6-7H2,1-3H3. The van der Waals surface area contributed by atoms with Crippen LogP contribution in [-0.2, 0) is 16.4 Å². The maximum Gasteiger partial charge on any atom is 0.276 e. The topological polar surface area (TPSA) is 151 Å². The number of rotatable bonds is 9. The molecule has 29 heavy (non-hydrogen) atoms. The SMILES string of the molecule is COc1cc(CCNS(=O)(=O)c2ccc(C)c([N+](=O)[O-])c2)c([N+](=O)[O-])cc1OC. The number of nitrogens with zero attached hydrogens (tertiary/aromatic N) is 2. The van der Waals surface area contributed by atoms with Gasteiger partial charge in [-0.15, -0.1) is 0 Å². The molecule has 156 valence electrons. The first-order chi connectivity index (χ1) is 13.6. The van der Waals surface area contributed by atoms with Crippen LogP contribution in [0.4, 0.5) is 11.4 Å². The molecule has 12 heteroatoms. The lowest BCUT2D eigenvalue weighted by Crippen LogP contribution is -2.26. The van der Waals surface area contributed by atoms with Crippen molar-refractivity contribution in [3.63, 3.8) is 0 Å². The Morgan fingerprint density at radius 3 is 2.10 bits per heavy atom. The average molecular weight is 425 g/mol. The van der Waals surface area contributed by atoms with Gasteiger partial charge in [-0.25, -0.2) is 13.1 Å². The van der Waals surface area contributed by atoms with E-state index in [-0.39, 0.29) is 46.3 Å². The number of hydrogen-bond acceptors (Lipinski definition) is 8. The zero-order valence-corrected chi connectivity index (χ0v) is 16.7. The smallest absolute Gasteiger partial charge is 0.276 e. The van der Waals surface area contributed by atoms with Crippen LogP contribution in [0.5, 0.6) is 11.5 Å². The fraction of sp³-hybridized carbons (Fsp3) is 0.294. The number of ether oxygens (including phenoxy) is 2. The normalized spacial score (nSPS) is 11.1. The maximum absolute atomic E-state index is 12.4. The molecule has 0 aliphatic rings. The Morgan fingerprint density at radius 1 is 0.966 bits per heavy atom. The highest BCUT2D eigenvalue weighted by Gasteiger charge is 2.22. The van der Waals surface area contributed by atoms with Crippen LogP contribution in [-0.4, -0.2) is 39.0 Å². The van der Waals surface area contributed by atoms with Gasteiger partial charge in [0, 0.05) is 23.7 Å². The van der Waals surface area contributed by atoms with E-state index in [9.17, 15) is 28.6 Å². The molecule has 0 spiro atoms. The van der Waals surface area contributed by atoms with Crippen molar-refractivity contribution in [2.24, 2.45) is 0 Å². The van der Waals surface area contributed by atoms with Crippen molar-refractivity contribution < 1.29 is 27.7 Å². The van der Waals surface area contributed by atoms with Crippen LogP contribution in [0.15, 0.2) is 35.2 Å². The van der Waals surface area contributed by atoms with Gasteiger partial charge in [-0.2, -0.15) is 0 Å². The molecular weight excluding hydrogens is 406 g/mol. The van der Waals surface area contributed by atoms with E-state index in [2.05, 4.69) is 4.72 Å². The number of hydrogen-bond donors (Lipinski definition) is 1. The first-order valence-electron chi connectivity index (χ1n) is 8.24. The molecule has 0 saturated heterocycles. The molecule has 0 aromatic heterocycles. The van der Waals surface area contributed by atoms with Crippen molar-refractivity contribution in [3.8, 4) is 11.5 Å². The number of sulfonamides is 1. The minimum absolute atomic E-state index is 0.0101. The fourth-order valence-electron chi connectivity index (χ4n) is 2.64. The molecule has 2 rings (SSSR count). The second-order valence-corrected chi connectivity index (χ2v) is 7.71. The quantitative estimate of drug-likeness (QED) is 0.475. The van der Waals surface area contributed by atoms with E-state index in [0.29, 0.717) is 5.56 Å². The number of aryl methyl sites for hydroxylation is 1. The zero-order chi connectivity index (χ0) is 21.8. The van der Waals surface area contributed by atoms with Gasteiger partial charge < -0.3 is 9.47 Å². The van der Waals surface area contributed by atoms with Crippen LogP contribution in [0.2, 0.25) is 0 Å². The lowest BCUT2D eigenvalue weighted by molar-refractivity contribution is -0.385. The predicted molar refractivity (Wildman–Crippen MR) is 103 cm³/mol. The highest BCUT2D eigenvalue weighted by Crippen LogP contribution is 2.34. The van der Waals surface area contributed by atoms with E-state index in [1.165, 1.54) is 45.4 Å². The van der Waals surface area contributed by atoms with Gasteiger partial charge in [0.15, 0.2) is 11.5 Å². The molecule has 0 unspecified atom stereocenters. The Hall–Kier alpha value is -3.25. The number of benzene rings is 2. The number of methoxy groups -OCH3 is 2. The zero-order valence-electron chi connectivity index (χ0n) is 15.9. The first kappa shape index (κ1) is 22.0. The van der Waals surface area contributed by atoms with E-state index in [4.69, 9.17) is 9.47 Å². The molecule has 1 N–H and O–H groups in total. The second kappa shape index (κ2) is 8.84. The van der Waals surface area contributed by atoms with Crippen molar-refractivity contribution in [3.05, 3.63) is 61.7 Å². The molecule has 0 heterocycles. The van der Waals surface area contributed by atoms with Gasteiger partial charge in [-0.05, 0) is 25.5 Å². The number of nitro groups is 2. The van der Waals surface area contributed by atoms with Gasteiger partial charge in [0.25, 0.3) is 11.4 Å². The predicted octanol–water partition coefficient (Wildman–Crippen LogP) is 2.35. The Kier molecular flexibility index (Phi) is 6.72. The van der Waals surface area contributed by atoms with Crippen LogP contribution in [0.3, 0.4) is 0 Å². The summed E-state index contributed by atoms with van der Waals surface area (Å²) in [6, 6.07) is 6.17. The van der Waals surface area contributed by atoms with Gasteiger partial charge in [0.2, 0.25) is 10.0 Å². The van der Waals surface area contributed by atoms with Gasteiger partial charge in [0.1, 0.15) is 0 Å². The van der Waals surface area contributed by atoms with Crippen LogP contribution in [0.25, 0.3) is 0 Å². The molecule has 11 nitrogen and oxygen atoms in total. The van der Waals surface area contributed by atoms with Crippen LogP contribution >= 0.6 is 0 Å². The third kappa shape index (κ3) is 4.97. The van der Waals surface area contributed by atoms with Gasteiger partial charge in [0.05, 0.1) is 35.0 Å². The minimum atomic E-state index is -4.05. The van der Waals surface area contributed by atoms with Gasteiger partial charge in [-0.3, -0.25) is 20.2 Å². The summed E-state index contributed by atoms with van der Waals surface area (Å²) in [6.45, 7) is 1.33. The molecule has 0 fully saturated rings. The maximum atomic E-state index is 12.4. The summed E-state index contributed by atoms with van der Waals surface area (Å²) < 4.78 is 37.3. The van der Waals surface area contributed by atoms with Crippen LogP contribution in [0, 0.1) is 27.2 Å². The first-order valence-corrected chi connectivity index (χ1v) is 9.73. The largest absolute Gasteiger partial charge is 0.493 e. The second-order valence-electron chi connectivity index (χ2n) is 5.95. The van der Waals surface area contributed by atoms with E-state index in [1.807, 2.05) is 0 Å².